The minimum absolute atomic E-state index is 0. The molecule has 53 heavy (non-hydrogen) atoms. The van der Waals surface area contributed by atoms with Crippen LogP contribution in [0.1, 0.15) is 119 Å². The van der Waals surface area contributed by atoms with E-state index in [0.717, 1.165) is 81.8 Å². The Morgan fingerprint density at radius 3 is 2.06 bits per heavy atom. The summed E-state index contributed by atoms with van der Waals surface area (Å²) in [5.74, 6) is 1.82. The summed E-state index contributed by atoms with van der Waals surface area (Å²) in [4.78, 5) is 21.4. The second kappa shape index (κ2) is 16.3. The van der Waals surface area contributed by atoms with E-state index in [-0.39, 0.29) is 47.9 Å². The van der Waals surface area contributed by atoms with Gasteiger partial charge in [0.1, 0.15) is 17.8 Å². The van der Waals surface area contributed by atoms with Crippen LogP contribution >= 0.6 is 0 Å². The third-order valence-electron chi connectivity index (χ3n) is 11.5. The van der Waals surface area contributed by atoms with Gasteiger partial charge in [-0.05, 0) is 55.6 Å². The number of aryl methyl sites for hydroxylation is 1. The summed E-state index contributed by atoms with van der Waals surface area (Å²) in [5, 5.41) is 15.4. The van der Waals surface area contributed by atoms with Crippen molar-refractivity contribution in [3.8, 4) is 11.3 Å². The van der Waals surface area contributed by atoms with Gasteiger partial charge in [0.25, 0.3) is 0 Å². The van der Waals surface area contributed by atoms with Gasteiger partial charge in [0.15, 0.2) is 16.9 Å². The van der Waals surface area contributed by atoms with E-state index in [1.165, 1.54) is 22.6 Å². The molecule has 0 aliphatic carbocycles. The van der Waals surface area contributed by atoms with Crippen molar-refractivity contribution in [2.45, 2.75) is 121 Å². The minimum Gasteiger partial charge on any atom is -0.512 e. The molecule has 0 unspecified atom stereocenters. The van der Waals surface area contributed by atoms with E-state index in [9.17, 15) is 9.90 Å². The number of nitrogens with zero attached hydrogens (tertiary/aromatic N) is 2. The zero-order chi connectivity index (χ0) is 38.2. The number of allylic oxidation sites excluding steroid dienone is 2. The van der Waals surface area contributed by atoms with Crippen molar-refractivity contribution >= 4 is 49.6 Å². The van der Waals surface area contributed by atoms with E-state index in [1.54, 1.807) is 6.33 Å². The van der Waals surface area contributed by atoms with Gasteiger partial charge in [0.2, 0.25) is 5.71 Å². The Hall–Kier alpha value is -3.80. The molecule has 6 aromatic rings. The van der Waals surface area contributed by atoms with Gasteiger partial charge in [-0.1, -0.05) is 111 Å². The predicted molar refractivity (Wildman–Crippen MR) is 216 cm³/mol. The van der Waals surface area contributed by atoms with Gasteiger partial charge in [0.05, 0.1) is 0 Å². The molecule has 3 aromatic heterocycles. The first-order valence-electron chi connectivity index (χ1n) is 19.0. The van der Waals surface area contributed by atoms with Crippen LogP contribution in [0.3, 0.4) is 0 Å². The van der Waals surface area contributed by atoms with Gasteiger partial charge in [-0.3, -0.25) is 9.78 Å². The monoisotopic (exact) mass is 894 g/mol. The number of rotatable bonds is 10. The molecule has 285 valence electrons. The first kappa shape index (κ1) is 41.9. The summed E-state index contributed by atoms with van der Waals surface area (Å²) >= 11 is 0. The van der Waals surface area contributed by atoms with E-state index in [2.05, 4.69) is 95.1 Å². The Morgan fingerprint density at radius 1 is 0.849 bits per heavy atom. The predicted octanol–water partition coefficient (Wildman–Crippen LogP) is 13.2. The number of carbonyl (C=O) groups excluding carboxylic acids is 1. The maximum Gasteiger partial charge on any atom is 0.223 e. The van der Waals surface area contributed by atoms with Gasteiger partial charge < -0.3 is 13.9 Å². The van der Waals surface area contributed by atoms with Crippen LogP contribution < -0.4 is 0 Å². The number of aromatic nitrogens is 2. The Kier molecular flexibility index (Phi) is 12.9. The third kappa shape index (κ3) is 8.17. The number of benzene rings is 3. The summed E-state index contributed by atoms with van der Waals surface area (Å²) in [5.41, 5.74) is 5.67. The summed E-state index contributed by atoms with van der Waals surface area (Å²) in [6.07, 6.45) is 7.23. The molecule has 6 nitrogen and oxygen atoms in total. The number of hydrogen-bond acceptors (Lipinski definition) is 6. The quantitative estimate of drug-likeness (QED) is 0.0837. The molecule has 0 saturated carbocycles. The minimum atomic E-state index is -0.337. The fourth-order valence-electron chi connectivity index (χ4n) is 6.83. The normalized spacial score (nSPS) is 12.8. The number of fused-ring (bicyclic) bond motifs is 6. The van der Waals surface area contributed by atoms with Crippen molar-refractivity contribution < 1.29 is 38.8 Å². The number of furan rings is 2. The fourth-order valence-corrected chi connectivity index (χ4v) is 6.83. The van der Waals surface area contributed by atoms with Crippen LogP contribution in [0.15, 0.2) is 69.5 Å². The molecule has 1 N–H and O–H groups in total. The number of aliphatic hydroxyl groups excluding tert-OH is 1. The SMILES string of the molecule is CCC(C)(CC)C(=O)/C=C(\O)C(C)(CC)CC.Cc1c(CC(C)C)oc2c1ccc1c2oc2ncnc(-c3[c-]c4ccccc4c(C(C)(C)C)c3)c21.[Ir]. The van der Waals surface area contributed by atoms with Gasteiger partial charge >= 0.3 is 0 Å². The Morgan fingerprint density at radius 2 is 1.45 bits per heavy atom. The molecule has 0 aliphatic rings. The van der Waals surface area contributed by atoms with Crippen LogP contribution in [0, 0.1) is 29.7 Å². The molecule has 0 saturated heterocycles. The largest absolute Gasteiger partial charge is 0.512 e. The molecule has 0 spiro atoms. The summed E-state index contributed by atoms with van der Waals surface area (Å²) in [7, 11) is 0. The van der Waals surface area contributed by atoms with Gasteiger partial charge in [-0.2, -0.15) is 0 Å². The second-order valence-corrected chi connectivity index (χ2v) is 16.4. The molecule has 0 aliphatic heterocycles. The summed E-state index contributed by atoms with van der Waals surface area (Å²) in [6.45, 7) is 25.3. The smallest absolute Gasteiger partial charge is 0.223 e. The van der Waals surface area contributed by atoms with Crippen molar-refractivity contribution in [1.29, 1.82) is 0 Å². The number of ketones is 1. The van der Waals surface area contributed by atoms with E-state index in [1.807, 2.05) is 41.5 Å². The number of aliphatic hydroxyl groups is 1. The van der Waals surface area contributed by atoms with Gasteiger partial charge in [0, 0.05) is 65.3 Å². The first-order chi connectivity index (χ1) is 24.5. The molecule has 7 heteroatoms. The topological polar surface area (TPSA) is 89.4 Å². The molecule has 0 fully saturated rings. The van der Waals surface area contributed by atoms with Crippen LogP contribution in [0.5, 0.6) is 0 Å². The van der Waals surface area contributed by atoms with Crippen molar-refractivity contribution in [3.05, 3.63) is 83.6 Å². The van der Waals surface area contributed by atoms with Crippen LogP contribution in [0.4, 0.5) is 0 Å². The van der Waals surface area contributed by atoms with Crippen molar-refractivity contribution in [2.75, 3.05) is 0 Å². The third-order valence-corrected chi connectivity index (χ3v) is 11.5. The molecule has 3 aromatic carbocycles. The Bertz CT molecular complexity index is 2260. The average molecular weight is 894 g/mol. The molecule has 3 heterocycles. The molecule has 0 bridgehead atoms. The average Bonchev–Trinajstić information content (AvgIpc) is 3.66. The molecular formula is C46H57IrN2O4-. The zero-order valence-corrected chi connectivity index (χ0v) is 36.1. The van der Waals surface area contributed by atoms with E-state index in [4.69, 9.17) is 13.8 Å². The summed E-state index contributed by atoms with van der Waals surface area (Å²) in [6, 6.07) is 18.5. The maximum absolute atomic E-state index is 12.2. The molecule has 1 radical (unpaired) electrons. The van der Waals surface area contributed by atoms with Gasteiger partial charge in [-0.15, -0.1) is 29.1 Å². The molecule has 6 rings (SSSR count). The van der Waals surface area contributed by atoms with Crippen LogP contribution in [0.2, 0.25) is 0 Å². The fraction of sp³-hybridized carbons (Fsp3) is 0.457. The summed E-state index contributed by atoms with van der Waals surface area (Å²) < 4.78 is 12.7. The van der Waals surface area contributed by atoms with Crippen LogP contribution in [0.25, 0.3) is 55.1 Å². The molecular weight excluding hydrogens is 837 g/mol. The first-order valence-corrected chi connectivity index (χ1v) is 19.0. The van der Waals surface area contributed by atoms with Gasteiger partial charge in [-0.25, -0.2) is 4.98 Å². The van der Waals surface area contributed by atoms with Crippen LogP contribution in [-0.2, 0) is 36.7 Å². The van der Waals surface area contributed by atoms with E-state index in [0.29, 0.717) is 11.6 Å². The van der Waals surface area contributed by atoms with Crippen molar-refractivity contribution in [3.63, 3.8) is 0 Å². The Balaban J connectivity index is 0.000000299. The standard InChI is InChI=1S/C31H29N2O2.C15H28O2.Ir/c1-17(2)13-25-18(3)21-11-12-23-26-27(32-16-33-30(26)35-29(23)28(21)34-25)20-14-19-9-7-8-10-22(19)24(15-20)31(4,5)6;1-7-14(5,8-2)12(16)11-13(17)15(6,9-3)10-4;/h7-12,15-17H,13H2,1-6H3;11,16H,7-10H2,1-6H3;/q-1;;/b;12-11-;. The van der Waals surface area contributed by atoms with Crippen molar-refractivity contribution in [2.24, 2.45) is 16.7 Å². The maximum atomic E-state index is 12.2. The van der Waals surface area contributed by atoms with E-state index < -0.39 is 0 Å². The zero-order valence-electron chi connectivity index (χ0n) is 33.7. The number of hydrogen-bond donors (Lipinski definition) is 1. The Labute approximate surface area is 329 Å². The van der Waals surface area contributed by atoms with Crippen LogP contribution in [-0.4, -0.2) is 20.9 Å². The molecule has 0 atom stereocenters. The van der Waals surface area contributed by atoms with Crippen molar-refractivity contribution in [1.82, 2.24) is 9.97 Å². The number of carbonyl (C=O) groups is 1. The second-order valence-electron chi connectivity index (χ2n) is 16.4. The molecule has 0 amide bonds. The van der Waals surface area contributed by atoms with E-state index >= 15 is 0 Å².